The Balaban J connectivity index is 2.46. The largest absolute Gasteiger partial charge is 0.416 e. The summed E-state index contributed by atoms with van der Waals surface area (Å²) in [6, 6.07) is 4.44. The monoisotopic (exact) mass is 295 g/mol. The molecule has 9 heteroatoms. The van der Waals surface area contributed by atoms with E-state index < -0.39 is 24.1 Å². The summed E-state index contributed by atoms with van der Waals surface area (Å²) >= 11 is 0. The number of hydrogen-bond acceptors (Lipinski definition) is 4. The molecule has 0 radical (unpaired) electrons. The molecule has 0 bridgehead atoms. The normalized spacial score (nSPS) is 11.0. The van der Waals surface area contributed by atoms with E-state index in [0.717, 1.165) is 12.1 Å². The second-order valence-corrected chi connectivity index (χ2v) is 3.95. The zero-order chi connectivity index (χ0) is 15.5. The van der Waals surface area contributed by atoms with Gasteiger partial charge in [0.25, 0.3) is 0 Å². The van der Waals surface area contributed by atoms with Crippen molar-refractivity contribution in [2.75, 3.05) is 5.32 Å². The van der Waals surface area contributed by atoms with Crippen LogP contribution in [0.1, 0.15) is 12.0 Å². The van der Waals surface area contributed by atoms with Gasteiger partial charge in [-0.2, -0.15) is 23.5 Å². The molecule has 0 aliphatic carbocycles. The van der Waals surface area contributed by atoms with Crippen LogP contribution in [0.4, 0.5) is 18.9 Å². The first-order valence-electron chi connectivity index (χ1n) is 5.65. The van der Waals surface area contributed by atoms with Crippen molar-refractivity contribution in [2.45, 2.75) is 12.6 Å². The Morgan fingerprint density at radius 1 is 1.43 bits per heavy atom. The van der Waals surface area contributed by atoms with Gasteiger partial charge in [0, 0.05) is 0 Å². The van der Waals surface area contributed by atoms with Crippen LogP contribution < -0.4 is 5.32 Å². The number of hydrogen-bond donors (Lipinski definition) is 1. The fourth-order valence-corrected chi connectivity index (χ4v) is 1.61. The molecule has 0 spiro atoms. The Kier molecular flexibility index (Phi) is 3.89. The lowest BCUT2D eigenvalue weighted by molar-refractivity contribution is -0.137. The van der Waals surface area contributed by atoms with E-state index in [1.165, 1.54) is 23.4 Å². The molecular formula is C12H8F3N5O. The van der Waals surface area contributed by atoms with Crippen molar-refractivity contribution in [3.8, 4) is 11.8 Å². The van der Waals surface area contributed by atoms with E-state index in [9.17, 15) is 18.0 Å². The molecular weight excluding hydrogens is 287 g/mol. The first kappa shape index (κ1) is 14.5. The summed E-state index contributed by atoms with van der Waals surface area (Å²) in [4.78, 5) is 15.1. The molecule has 0 aliphatic rings. The number of carbonyl (C=O) groups excluding carboxylic acids is 1. The molecule has 0 aliphatic heterocycles. The van der Waals surface area contributed by atoms with Crippen LogP contribution in [0.5, 0.6) is 0 Å². The maximum absolute atomic E-state index is 12.7. The van der Waals surface area contributed by atoms with E-state index >= 15 is 0 Å². The Bertz CT molecular complexity index is 688. The molecule has 0 saturated carbocycles. The van der Waals surface area contributed by atoms with Crippen molar-refractivity contribution >= 4 is 11.6 Å². The molecule has 21 heavy (non-hydrogen) atoms. The van der Waals surface area contributed by atoms with Crippen LogP contribution in [0.2, 0.25) is 0 Å². The summed E-state index contributed by atoms with van der Waals surface area (Å²) in [6.07, 6.45) is -2.52. The number of nitrogens with zero attached hydrogens (tertiary/aromatic N) is 4. The molecule has 0 saturated heterocycles. The fraction of sp³-hybridized carbons (Fsp3) is 0.167. The Morgan fingerprint density at radius 2 is 2.19 bits per heavy atom. The molecule has 108 valence electrons. The van der Waals surface area contributed by atoms with Crippen molar-refractivity contribution < 1.29 is 18.0 Å². The molecule has 1 heterocycles. The average Bonchev–Trinajstić information content (AvgIpc) is 2.91. The summed E-state index contributed by atoms with van der Waals surface area (Å²) in [5.74, 6) is -0.710. The number of rotatable bonds is 3. The first-order valence-corrected chi connectivity index (χ1v) is 5.65. The van der Waals surface area contributed by atoms with Gasteiger partial charge in [0.05, 0.1) is 23.0 Å². The van der Waals surface area contributed by atoms with Gasteiger partial charge in [-0.05, 0) is 18.2 Å². The summed E-state index contributed by atoms with van der Waals surface area (Å²) in [5, 5.41) is 14.5. The van der Waals surface area contributed by atoms with Gasteiger partial charge in [0.1, 0.15) is 19.1 Å². The third-order valence-electron chi connectivity index (χ3n) is 2.50. The SMILES string of the molecule is N#CCC(=O)Nc1cc(C(F)(F)F)ccc1-n1cncn1. The number of aromatic nitrogens is 3. The third-order valence-corrected chi connectivity index (χ3v) is 2.50. The van der Waals surface area contributed by atoms with E-state index in [-0.39, 0.29) is 11.4 Å². The lowest BCUT2D eigenvalue weighted by Gasteiger charge is -2.13. The quantitative estimate of drug-likeness (QED) is 0.940. The molecule has 1 aromatic carbocycles. The van der Waals surface area contributed by atoms with Crippen molar-refractivity contribution in [1.29, 1.82) is 5.26 Å². The predicted molar refractivity (Wildman–Crippen MR) is 65.2 cm³/mol. The molecule has 1 N–H and O–H groups in total. The Hall–Kier alpha value is -2.89. The van der Waals surface area contributed by atoms with Gasteiger partial charge in [-0.3, -0.25) is 4.79 Å². The number of nitrogens with one attached hydrogen (secondary N) is 1. The second kappa shape index (κ2) is 5.62. The summed E-state index contributed by atoms with van der Waals surface area (Å²) in [5.41, 5.74) is -0.805. The number of alkyl halides is 3. The molecule has 0 fully saturated rings. The van der Waals surface area contributed by atoms with E-state index in [1.807, 2.05) is 0 Å². The highest BCUT2D eigenvalue weighted by Gasteiger charge is 2.31. The number of benzene rings is 1. The second-order valence-electron chi connectivity index (χ2n) is 3.95. The summed E-state index contributed by atoms with van der Waals surface area (Å²) in [7, 11) is 0. The van der Waals surface area contributed by atoms with Gasteiger partial charge in [-0.1, -0.05) is 0 Å². The minimum atomic E-state index is -4.55. The van der Waals surface area contributed by atoms with Crippen LogP contribution in [0.3, 0.4) is 0 Å². The van der Waals surface area contributed by atoms with Gasteiger partial charge in [0.15, 0.2) is 0 Å². The van der Waals surface area contributed by atoms with Crippen molar-refractivity contribution in [3.05, 3.63) is 36.4 Å². The maximum Gasteiger partial charge on any atom is 0.416 e. The van der Waals surface area contributed by atoms with Crippen molar-refractivity contribution in [1.82, 2.24) is 14.8 Å². The van der Waals surface area contributed by atoms with Crippen LogP contribution in [-0.4, -0.2) is 20.7 Å². The summed E-state index contributed by atoms with van der Waals surface area (Å²) < 4.78 is 39.4. The predicted octanol–water partition coefficient (Wildman–Crippen LogP) is 2.14. The Labute approximate surface area is 116 Å². The minimum absolute atomic E-state index is 0.101. The summed E-state index contributed by atoms with van der Waals surface area (Å²) in [6.45, 7) is 0. The van der Waals surface area contributed by atoms with E-state index in [2.05, 4.69) is 15.4 Å². The zero-order valence-electron chi connectivity index (χ0n) is 10.4. The standard InChI is InChI=1S/C12H8F3N5O/c13-12(14,15)8-1-2-10(20-7-17-6-18-20)9(5-8)19-11(21)3-4-16/h1-2,5-7H,3H2,(H,19,21). The highest BCUT2D eigenvalue weighted by atomic mass is 19.4. The van der Waals surface area contributed by atoms with Crippen molar-refractivity contribution in [2.24, 2.45) is 0 Å². The molecule has 1 amide bonds. The van der Waals surface area contributed by atoms with Crippen LogP contribution in [0.25, 0.3) is 5.69 Å². The smallest absolute Gasteiger partial charge is 0.323 e. The average molecular weight is 295 g/mol. The van der Waals surface area contributed by atoms with Crippen LogP contribution in [0, 0.1) is 11.3 Å². The van der Waals surface area contributed by atoms with E-state index in [1.54, 1.807) is 6.07 Å². The van der Waals surface area contributed by atoms with Gasteiger partial charge in [-0.15, -0.1) is 0 Å². The molecule has 0 unspecified atom stereocenters. The van der Waals surface area contributed by atoms with Crippen LogP contribution in [-0.2, 0) is 11.0 Å². The fourth-order valence-electron chi connectivity index (χ4n) is 1.61. The van der Waals surface area contributed by atoms with E-state index in [0.29, 0.717) is 0 Å². The number of carbonyl (C=O) groups is 1. The number of amides is 1. The lowest BCUT2D eigenvalue weighted by Crippen LogP contribution is -2.14. The van der Waals surface area contributed by atoms with E-state index in [4.69, 9.17) is 5.26 Å². The minimum Gasteiger partial charge on any atom is -0.323 e. The van der Waals surface area contributed by atoms with Crippen LogP contribution in [0.15, 0.2) is 30.9 Å². The number of nitriles is 1. The van der Waals surface area contributed by atoms with Crippen LogP contribution >= 0.6 is 0 Å². The lowest BCUT2D eigenvalue weighted by atomic mass is 10.1. The Morgan fingerprint density at radius 3 is 2.76 bits per heavy atom. The molecule has 6 nitrogen and oxygen atoms in total. The van der Waals surface area contributed by atoms with Gasteiger partial charge < -0.3 is 5.32 Å². The van der Waals surface area contributed by atoms with Gasteiger partial charge >= 0.3 is 6.18 Å². The van der Waals surface area contributed by atoms with Gasteiger partial charge in [-0.25, -0.2) is 9.67 Å². The molecule has 2 rings (SSSR count). The maximum atomic E-state index is 12.7. The number of anilines is 1. The molecule has 2 aromatic rings. The zero-order valence-corrected chi connectivity index (χ0v) is 10.4. The number of halogens is 3. The topological polar surface area (TPSA) is 83.6 Å². The highest BCUT2D eigenvalue weighted by molar-refractivity contribution is 5.94. The molecule has 1 aromatic heterocycles. The van der Waals surface area contributed by atoms with Gasteiger partial charge in [0.2, 0.25) is 5.91 Å². The highest BCUT2D eigenvalue weighted by Crippen LogP contribution is 2.33. The van der Waals surface area contributed by atoms with Crippen molar-refractivity contribution in [3.63, 3.8) is 0 Å². The molecule has 0 atom stereocenters. The first-order chi connectivity index (χ1) is 9.91. The third kappa shape index (κ3) is 3.36.